The van der Waals surface area contributed by atoms with Gasteiger partial charge in [-0.1, -0.05) is 13.0 Å². The van der Waals surface area contributed by atoms with Crippen molar-refractivity contribution in [1.82, 2.24) is 4.57 Å². The number of nitrogens with zero attached hydrogens (tertiary/aromatic N) is 1. The van der Waals surface area contributed by atoms with Crippen LogP contribution in [0.4, 0.5) is 10.1 Å². The van der Waals surface area contributed by atoms with Crippen molar-refractivity contribution in [2.45, 2.75) is 32.9 Å². The van der Waals surface area contributed by atoms with Gasteiger partial charge in [-0.05, 0) is 25.5 Å². The van der Waals surface area contributed by atoms with Crippen LogP contribution in [-0.2, 0) is 6.54 Å². The zero-order chi connectivity index (χ0) is 15.4. The van der Waals surface area contributed by atoms with Crippen molar-refractivity contribution < 1.29 is 9.50 Å². The third kappa shape index (κ3) is 3.62. The van der Waals surface area contributed by atoms with Gasteiger partial charge in [0.05, 0.1) is 11.7 Å². The van der Waals surface area contributed by atoms with Crippen molar-refractivity contribution in [1.29, 1.82) is 0 Å². The summed E-state index contributed by atoms with van der Waals surface area (Å²) in [4.78, 5) is 11.7. The zero-order valence-corrected chi connectivity index (χ0v) is 12.1. The molecular weight excluding hydrogens is 271 g/mol. The van der Waals surface area contributed by atoms with E-state index in [1.54, 1.807) is 22.9 Å². The number of aromatic hydroxyl groups is 1. The number of rotatable bonds is 5. The van der Waals surface area contributed by atoms with E-state index in [1.807, 2.05) is 13.8 Å². The van der Waals surface area contributed by atoms with Gasteiger partial charge in [-0.15, -0.1) is 0 Å². The van der Waals surface area contributed by atoms with Gasteiger partial charge in [-0.25, -0.2) is 4.39 Å². The summed E-state index contributed by atoms with van der Waals surface area (Å²) in [6.45, 7) is 4.53. The highest BCUT2D eigenvalue weighted by Crippen LogP contribution is 2.27. The molecule has 2 N–H and O–H groups in total. The summed E-state index contributed by atoms with van der Waals surface area (Å²) < 4.78 is 14.6. The molecule has 1 aromatic heterocycles. The summed E-state index contributed by atoms with van der Waals surface area (Å²) in [5.41, 5.74) is 1.34. The number of hydrogen-bond acceptors (Lipinski definition) is 3. The number of aromatic nitrogens is 1. The highest BCUT2D eigenvalue weighted by molar-refractivity contribution is 5.45. The minimum atomic E-state index is -0.472. The molecule has 0 radical (unpaired) electrons. The molecule has 4 nitrogen and oxygen atoms in total. The molecule has 1 unspecified atom stereocenters. The molecule has 2 rings (SSSR count). The van der Waals surface area contributed by atoms with Crippen molar-refractivity contribution in [3.05, 3.63) is 58.3 Å². The number of anilines is 1. The monoisotopic (exact) mass is 290 g/mol. The van der Waals surface area contributed by atoms with Crippen LogP contribution in [0.5, 0.6) is 5.75 Å². The maximum absolute atomic E-state index is 13.0. The van der Waals surface area contributed by atoms with Gasteiger partial charge in [0.2, 0.25) is 0 Å². The second-order valence-corrected chi connectivity index (χ2v) is 5.02. The maximum Gasteiger partial charge on any atom is 0.250 e. The number of pyridine rings is 1. The van der Waals surface area contributed by atoms with E-state index in [9.17, 15) is 14.3 Å². The number of nitrogens with one attached hydrogen (secondary N) is 1. The molecule has 0 amide bonds. The van der Waals surface area contributed by atoms with E-state index < -0.39 is 5.82 Å². The van der Waals surface area contributed by atoms with Crippen LogP contribution in [0, 0.1) is 5.82 Å². The van der Waals surface area contributed by atoms with Crippen LogP contribution in [0.2, 0.25) is 0 Å². The first-order valence-corrected chi connectivity index (χ1v) is 6.96. The Morgan fingerprint density at radius 3 is 2.76 bits per heavy atom. The smallest absolute Gasteiger partial charge is 0.250 e. The Bertz CT molecular complexity index is 682. The van der Waals surface area contributed by atoms with Crippen LogP contribution in [0.25, 0.3) is 0 Å². The van der Waals surface area contributed by atoms with E-state index in [4.69, 9.17) is 0 Å². The first kappa shape index (κ1) is 15.1. The third-order valence-electron chi connectivity index (χ3n) is 3.29. The van der Waals surface area contributed by atoms with Crippen molar-refractivity contribution in [2.24, 2.45) is 0 Å². The second kappa shape index (κ2) is 6.43. The molecule has 5 heteroatoms. The van der Waals surface area contributed by atoms with E-state index >= 15 is 0 Å². The van der Waals surface area contributed by atoms with Gasteiger partial charge in [-0.3, -0.25) is 4.79 Å². The molecule has 0 saturated heterocycles. The van der Waals surface area contributed by atoms with E-state index in [2.05, 4.69) is 5.32 Å². The molecule has 0 fully saturated rings. The Morgan fingerprint density at radius 1 is 1.33 bits per heavy atom. The lowest BCUT2D eigenvalue weighted by Crippen LogP contribution is -2.19. The predicted octanol–water partition coefficient (Wildman–Crippen LogP) is 3.28. The molecule has 21 heavy (non-hydrogen) atoms. The summed E-state index contributed by atoms with van der Waals surface area (Å²) in [5, 5.41) is 13.0. The second-order valence-electron chi connectivity index (χ2n) is 5.02. The maximum atomic E-state index is 13.0. The van der Waals surface area contributed by atoms with Gasteiger partial charge >= 0.3 is 0 Å². The number of phenolic OH excluding ortho intramolecular Hbond substituents is 1. The molecule has 1 heterocycles. The number of aryl methyl sites for hydroxylation is 1. The normalized spacial score (nSPS) is 12.1. The van der Waals surface area contributed by atoms with Gasteiger partial charge in [0, 0.05) is 30.4 Å². The van der Waals surface area contributed by atoms with E-state index in [1.165, 1.54) is 12.1 Å². The van der Waals surface area contributed by atoms with Gasteiger partial charge in [0.1, 0.15) is 11.6 Å². The molecule has 2 aromatic rings. The zero-order valence-electron chi connectivity index (χ0n) is 12.1. The molecule has 1 aromatic carbocycles. The number of hydrogen-bond donors (Lipinski definition) is 2. The van der Waals surface area contributed by atoms with Gasteiger partial charge < -0.3 is 15.0 Å². The van der Waals surface area contributed by atoms with Gasteiger partial charge in [-0.2, -0.15) is 0 Å². The lowest BCUT2D eigenvalue weighted by atomic mass is 10.1. The number of phenols is 1. The Kier molecular flexibility index (Phi) is 4.62. The Morgan fingerprint density at radius 2 is 2.10 bits per heavy atom. The van der Waals surface area contributed by atoms with Crippen LogP contribution in [0.1, 0.15) is 31.9 Å². The Labute approximate surface area is 122 Å². The Balaban J connectivity index is 2.21. The minimum absolute atomic E-state index is 0.0420. The third-order valence-corrected chi connectivity index (χ3v) is 3.29. The summed E-state index contributed by atoms with van der Waals surface area (Å²) in [6.07, 6.45) is 2.63. The lowest BCUT2D eigenvalue weighted by molar-refractivity contribution is 0.459. The number of halogens is 1. The fourth-order valence-electron chi connectivity index (χ4n) is 2.24. The van der Waals surface area contributed by atoms with Crippen molar-refractivity contribution in [3.8, 4) is 5.75 Å². The van der Waals surface area contributed by atoms with Crippen molar-refractivity contribution >= 4 is 5.69 Å². The minimum Gasteiger partial charge on any atom is -0.507 e. The van der Waals surface area contributed by atoms with Crippen LogP contribution in [0.15, 0.2) is 41.3 Å². The molecule has 0 bridgehead atoms. The van der Waals surface area contributed by atoms with Crippen LogP contribution < -0.4 is 10.9 Å². The average Bonchev–Trinajstić information content (AvgIpc) is 2.42. The standard InChI is InChI=1S/C16H19FN2O2/c1-3-8-19-10-13(5-7-16(19)21)18-11(2)14-6-4-12(17)9-15(14)20/h4-7,9-11,18,20H,3,8H2,1-2H3. The van der Waals surface area contributed by atoms with Gasteiger partial charge in [0.25, 0.3) is 5.56 Å². The summed E-state index contributed by atoms with van der Waals surface area (Å²) in [7, 11) is 0. The van der Waals surface area contributed by atoms with E-state index in [-0.39, 0.29) is 17.4 Å². The summed E-state index contributed by atoms with van der Waals surface area (Å²) in [6, 6.07) is 6.94. The Hall–Kier alpha value is -2.30. The van der Waals surface area contributed by atoms with Crippen LogP contribution >= 0.6 is 0 Å². The molecule has 0 saturated carbocycles. The molecular formula is C16H19FN2O2. The molecule has 112 valence electrons. The highest BCUT2D eigenvalue weighted by Gasteiger charge is 2.11. The van der Waals surface area contributed by atoms with Gasteiger partial charge in [0.15, 0.2) is 0 Å². The average molecular weight is 290 g/mol. The van der Waals surface area contributed by atoms with Crippen molar-refractivity contribution in [3.63, 3.8) is 0 Å². The van der Waals surface area contributed by atoms with Crippen molar-refractivity contribution in [2.75, 3.05) is 5.32 Å². The largest absolute Gasteiger partial charge is 0.507 e. The fourth-order valence-corrected chi connectivity index (χ4v) is 2.24. The number of benzene rings is 1. The molecule has 0 aliphatic rings. The quantitative estimate of drug-likeness (QED) is 0.888. The lowest BCUT2D eigenvalue weighted by Gasteiger charge is -2.17. The predicted molar refractivity (Wildman–Crippen MR) is 81.1 cm³/mol. The SMILES string of the molecule is CCCn1cc(NC(C)c2ccc(F)cc2O)ccc1=O. The van der Waals surface area contributed by atoms with Crippen LogP contribution in [-0.4, -0.2) is 9.67 Å². The van der Waals surface area contributed by atoms with E-state index in [0.717, 1.165) is 18.2 Å². The topological polar surface area (TPSA) is 54.3 Å². The first-order valence-electron chi connectivity index (χ1n) is 6.96. The summed E-state index contributed by atoms with van der Waals surface area (Å²) >= 11 is 0. The summed E-state index contributed by atoms with van der Waals surface area (Å²) in [5.74, 6) is -0.558. The highest BCUT2D eigenvalue weighted by atomic mass is 19.1. The van der Waals surface area contributed by atoms with E-state index in [0.29, 0.717) is 12.1 Å². The molecule has 0 aliphatic heterocycles. The molecule has 0 spiro atoms. The van der Waals surface area contributed by atoms with Crippen LogP contribution in [0.3, 0.4) is 0 Å². The fraction of sp³-hybridized carbons (Fsp3) is 0.312. The molecule has 0 aliphatic carbocycles. The molecule has 1 atom stereocenters. The first-order chi connectivity index (χ1) is 10.0.